The summed E-state index contributed by atoms with van der Waals surface area (Å²) >= 11 is 0. The summed E-state index contributed by atoms with van der Waals surface area (Å²) in [5, 5.41) is 3.21. The number of carbonyl (C=O) groups excluding carboxylic acids is 1. The molecule has 1 aliphatic rings. The molecule has 1 heterocycles. The van der Waals surface area contributed by atoms with Crippen LogP contribution in [0.1, 0.15) is 28.8 Å². The van der Waals surface area contributed by atoms with Gasteiger partial charge in [-0.15, -0.1) is 0 Å². The molecule has 0 saturated carbocycles. The monoisotopic (exact) mass is 457 g/mol. The Labute approximate surface area is 195 Å². The lowest BCUT2D eigenvalue weighted by Gasteiger charge is -2.33. The molecule has 0 bridgehead atoms. The van der Waals surface area contributed by atoms with E-state index in [2.05, 4.69) is 5.32 Å². The summed E-state index contributed by atoms with van der Waals surface area (Å²) in [6, 6.07) is 9.36. The summed E-state index contributed by atoms with van der Waals surface area (Å²) in [7, 11) is 6.50. The minimum atomic E-state index is -0.114. The van der Waals surface area contributed by atoms with Crippen molar-refractivity contribution in [3.05, 3.63) is 41.5 Å². The molecule has 1 atom stereocenters. The number of hydrogen-bond acceptors (Lipinski definition) is 7. The molecule has 0 radical (unpaired) electrons. The Hall–Kier alpha value is -2.97. The van der Waals surface area contributed by atoms with Crippen molar-refractivity contribution in [1.82, 2.24) is 10.2 Å². The minimum absolute atomic E-state index is 0.114. The average Bonchev–Trinajstić information content (AvgIpc) is 2.84. The second kappa shape index (κ2) is 11.8. The molecule has 1 saturated heterocycles. The Bertz CT molecular complexity index is 931. The number of carbonyl (C=O) groups is 1. The van der Waals surface area contributed by atoms with Crippen LogP contribution in [0.25, 0.3) is 0 Å². The minimum Gasteiger partial charge on any atom is -0.492 e. The number of likely N-dealkylation sites (tertiary alicyclic amines) is 1. The van der Waals surface area contributed by atoms with Crippen molar-refractivity contribution in [2.45, 2.75) is 19.3 Å². The Balaban J connectivity index is 1.98. The van der Waals surface area contributed by atoms with Crippen LogP contribution in [0.5, 0.6) is 28.7 Å². The van der Waals surface area contributed by atoms with Gasteiger partial charge in [-0.1, -0.05) is 12.1 Å². The molecule has 2 aromatic rings. The van der Waals surface area contributed by atoms with E-state index in [4.69, 9.17) is 24.7 Å². The van der Waals surface area contributed by atoms with Crippen LogP contribution in [0.3, 0.4) is 0 Å². The van der Waals surface area contributed by atoms with E-state index in [0.29, 0.717) is 59.9 Å². The van der Waals surface area contributed by atoms with Crippen molar-refractivity contribution in [2.24, 2.45) is 11.7 Å². The third kappa shape index (κ3) is 5.69. The van der Waals surface area contributed by atoms with Gasteiger partial charge in [-0.05, 0) is 63.0 Å². The van der Waals surface area contributed by atoms with Gasteiger partial charge in [0.25, 0.3) is 5.91 Å². The topological polar surface area (TPSA) is 95.3 Å². The third-order valence-corrected chi connectivity index (χ3v) is 5.88. The van der Waals surface area contributed by atoms with Gasteiger partial charge in [0.05, 0.1) is 26.9 Å². The number of hydrogen-bond donors (Lipinski definition) is 2. The Kier molecular flexibility index (Phi) is 8.79. The van der Waals surface area contributed by atoms with Crippen molar-refractivity contribution in [3.8, 4) is 28.7 Å². The van der Waals surface area contributed by atoms with Crippen LogP contribution in [-0.2, 0) is 6.42 Å². The zero-order valence-corrected chi connectivity index (χ0v) is 20.0. The van der Waals surface area contributed by atoms with Gasteiger partial charge in [0.15, 0.2) is 11.5 Å². The van der Waals surface area contributed by atoms with Crippen LogP contribution >= 0.6 is 0 Å². The highest BCUT2D eigenvalue weighted by Crippen LogP contribution is 2.48. The molecule has 1 fully saturated rings. The number of methoxy groups -OCH3 is 3. The summed E-state index contributed by atoms with van der Waals surface area (Å²) in [6.07, 6.45) is 2.86. The van der Waals surface area contributed by atoms with Gasteiger partial charge in [-0.2, -0.15) is 0 Å². The molecule has 2 aromatic carbocycles. The van der Waals surface area contributed by atoms with Crippen molar-refractivity contribution in [2.75, 3.05) is 54.6 Å². The van der Waals surface area contributed by atoms with E-state index in [1.807, 2.05) is 36.2 Å². The summed E-state index contributed by atoms with van der Waals surface area (Å²) in [6.45, 7) is 2.85. The molecule has 1 aliphatic heterocycles. The summed E-state index contributed by atoms with van der Waals surface area (Å²) in [5.74, 6) is 2.33. The molecule has 0 aliphatic carbocycles. The number of piperidine rings is 1. The molecule has 3 N–H and O–H groups in total. The lowest BCUT2D eigenvalue weighted by molar-refractivity contribution is 0.0669. The number of nitrogens with two attached hydrogens (primary N) is 1. The second-order valence-corrected chi connectivity index (χ2v) is 8.12. The summed E-state index contributed by atoms with van der Waals surface area (Å²) < 4.78 is 22.9. The van der Waals surface area contributed by atoms with Crippen LogP contribution < -0.4 is 30.0 Å². The molecule has 0 spiro atoms. The van der Waals surface area contributed by atoms with E-state index in [-0.39, 0.29) is 5.91 Å². The fraction of sp³-hybridized carbons (Fsp3) is 0.480. The van der Waals surface area contributed by atoms with Gasteiger partial charge in [0.1, 0.15) is 5.75 Å². The zero-order valence-electron chi connectivity index (χ0n) is 20.0. The van der Waals surface area contributed by atoms with E-state index in [1.54, 1.807) is 6.07 Å². The normalized spacial score (nSPS) is 15.8. The van der Waals surface area contributed by atoms with Gasteiger partial charge in [0, 0.05) is 19.2 Å². The van der Waals surface area contributed by atoms with Gasteiger partial charge in [0.2, 0.25) is 11.5 Å². The van der Waals surface area contributed by atoms with Crippen molar-refractivity contribution < 1.29 is 23.7 Å². The quantitative estimate of drug-likeness (QED) is 0.566. The van der Waals surface area contributed by atoms with Crippen molar-refractivity contribution in [1.29, 1.82) is 0 Å². The Morgan fingerprint density at radius 1 is 1.09 bits per heavy atom. The zero-order chi connectivity index (χ0) is 23.8. The molecular formula is C25H35N3O5. The smallest absolute Gasteiger partial charge is 0.257 e. The van der Waals surface area contributed by atoms with Crippen molar-refractivity contribution in [3.63, 3.8) is 0 Å². The Morgan fingerprint density at radius 2 is 1.79 bits per heavy atom. The first-order valence-corrected chi connectivity index (χ1v) is 11.3. The van der Waals surface area contributed by atoms with Gasteiger partial charge < -0.3 is 34.9 Å². The number of ether oxygens (including phenoxy) is 4. The first-order chi connectivity index (χ1) is 16.1. The molecule has 8 nitrogen and oxygen atoms in total. The van der Waals surface area contributed by atoms with E-state index < -0.39 is 0 Å². The van der Waals surface area contributed by atoms with Crippen LogP contribution in [-0.4, -0.2) is 65.4 Å². The molecule has 3 rings (SSSR count). The number of nitrogens with one attached hydrogen (secondary N) is 1. The second-order valence-electron chi connectivity index (χ2n) is 8.12. The number of benzene rings is 2. The van der Waals surface area contributed by atoms with Crippen molar-refractivity contribution >= 4 is 5.91 Å². The van der Waals surface area contributed by atoms with Crippen LogP contribution in [0.15, 0.2) is 30.3 Å². The Morgan fingerprint density at radius 3 is 2.39 bits per heavy atom. The largest absolute Gasteiger partial charge is 0.492 e. The highest BCUT2D eigenvalue weighted by atomic mass is 16.5. The van der Waals surface area contributed by atoms with E-state index >= 15 is 0 Å². The molecule has 1 unspecified atom stereocenters. The number of rotatable bonds is 10. The number of amides is 1. The lowest BCUT2D eigenvalue weighted by Crippen LogP contribution is -2.42. The number of nitrogens with zero attached hydrogens (tertiary/aromatic N) is 1. The van der Waals surface area contributed by atoms with Crippen LogP contribution in [0.2, 0.25) is 0 Å². The fourth-order valence-corrected chi connectivity index (χ4v) is 4.31. The maximum atomic E-state index is 13.6. The molecule has 33 heavy (non-hydrogen) atoms. The molecule has 8 heteroatoms. The first-order valence-electron chi connectivity index (χ1n) is 11.3. The maximum Gasteiger partial charge on any atom is 0.257 e. The molecule has 0 aromatic heterocycles. The summed E-state index contributed by atoms with van der Waals surface area (Å²) in [4.78, 5) is 15.5. The third-order valence-electron chi connectivity index (χ3n) is 5.88. The predicted octanol–water partition coefficient (Wildman–Crippen LogP) is 3.08. The van der Waals surface area contributed by atoms with Crippen LogP contribution in [0.4, 0.5) is 0 Å². The molecular weight excluding hydrogens is 422 g/mol. The predicted molar refractivity (Wildman–Crippen MR) is 128 cm³/mol. The first kappa shape index (κ1) is 24.7. The highest BCUT2D eigenvalue weighted by molar-refractivity contribution is 5.99. The maximum absolute atomic E-state index is 13.6. The summed E-state index contributed by atoms with van der Waals surface area (Å²) in [5.41, 5.74) is 7.15. The average molecular weight is 458 g/mol. The molecule has 1 amide bonds. The standard InChI is InChI=1S/C25H35N3O5/c1-27-15-18-6-5-13-28(16-18)25(29)20-14-21(23(31-3)24(32-4)22(20)30-2)33-19-9-7-17(8-10-19)11-12-26/h7-10,14,18,27H,5-6,11-13,15-16,26H2,1-4H3. The molecule has 180 valence electrons. The van der Waals surface area contributed by atoms with Gasteiger partial charge in [-0.25, -0.2) is 0 Å². The highest BCUT2D eigenvalue weighted by Gasteiger charge is 2.31. The SMILES string of the molecule is CNCC1CCCN(C(=O)c2cc(Oc3ccc(CCN)cc3)c(OC)c(OC)c2OC)C1. The van der Waals surface area contributed by atoms with E-state index in [1.165, 1.54) is 21.3 Å². The van der Waals surface area contributed by atoms with Crippen LogP contribution in [0, 0.1) is 5.92 Å². The van der Waals surface area contributed by atoms with Gasteiger partial charge >= 0.3 is 0 Å². The van der Waals surface area contributed by atoms with E-state index in [0.717, 1.165) is 31.4 Å². The lowest BCUT2D eigenvalue weighted by atomic mass is 9.97. The van der Waals surface area contributed by atoms with E-state index in [9.17, 15) is 4.79 Å². The van der Waals surface area contributed by atoms with Gasteiger partial charge in [-0.3, -0.25) is 4.79 Å². The fourth-order valence-electron chi connectivity index (χ4n) is 4.31.